The van der Waals surface area contributed by atoms with Crippen LogP contribution in [0.1, 0.15) is 12.5 Å². The summed E-state index contributed by atoms with van der Waals surface area (Å²) in [6.45, 7) is 1.11. The molecule has 0 radical (unpaired) electrons. The van der Waals surface area contributed by atoms with Crippen molar-refractivity contribution >= 4 is 58.3 Å². The van der Waals surface area contributed by atoms with Crippen LogP contribution in [0.25, 0.3) is 0 Å². The van der Waals surface area contributed by atoms with E-state index >= 15 is 0 Å². The number of amides is 4. The van der Waals surface area contributed by atoms with Crippen molar-refractivity contribution in [3.63, 3.8) is 0 Å². The van der Waals surface area contributed by atoms with Gasteiger partial charge in [0.15, 0.2) is 0 Å². The number of carbonyl (C=O) groups is 3. The number of benzene rings is 2. The maximum atomic E-state index is 12.8. The summed E-state index contributed by atoms with van der Waals surface area (Å²) >= 11 is 17.8. The van der Waals surface area contributed by atoms with Gasteiger partial charge in [-0.2, -0.15) is 0 Å². The molecule has 140 valence electrons. The zero-order valence-corrected chi connectivity index (χ0v) is 16.3. The number of carbonyl (C=O) groups excluding carboxylic acids is 3. The van der Waals surface area contributed by atoms with Gasteiger partial charge in [-0.05, 0) is 42.8 Å². The lowest BCUT2D eigenvalue weighted by molar-refractivity contribution is -0.133. The van der Waals surface area contributed by atoms with Crippen molar-refractivity contribution in [2.24, 2.45) is 0 Å². The van der Waals surface area contributed by atoms with Crippen molar-refractivity contribution in [2.75, 3.05) is 11.9 Å². The Morgan fingerprint density at radius 3 is 2.37 bits per heavy atom. The molecule has 2 aromatic rings. The molecule has 1 aliphatic rings. The lowest BCUT2D eigenvalue weighted by Gasteiger charge is -2.22. The van der Waals surface area contributed by atoms with Crippen molar-refractivity contribution in [3.05, 3.63) is 63.1 Å². The third kappa shape index (κ3) is 3.88. The Bertz CT molecular complexity index is 933. The summed E-state index contributed by atoms with van der Waals surface area (Å²) in [7, 11) is 0. The van der Waals surface area contributed by atoms with Crippen LogP contribution in [-0.4, -0.2) is 29.3 Å². The second-order valence-corrected chi connectivity index (χ2v) is 7.41. The van der Waals surface area contributed by atoms with Gasteiger partial charge >= 0.3 is 6.03 Å². The molecular weight excluding hydrogens is 413 g/mol. The molecule has 0 aromatic heterocycles. The van der Waals surface area contributed by atoms with Crippen LogP contribution in [0.15, 0.2) is 42.5 Å². The number of hydrogen-bond donors (Lipinski definition) is 2. The minimum absolute atomic E-state index is 0.288. The second kappa shape index (κ2) is 7.38. The molecule has 9 heteroatoms. The Kier molecular flexibility index (Phi) is 5.33. The summed E-state index contributed by atoms with van der Waals surface area (Å²) < 4.78 is 0. The van der Waals surface area contributed by atoms with E-state index < -0.39 is 29.9 Å². The van der Waals surface area contributed by atoms with E-state index in [-0.39, 0.29) is 5.02 Å². The predicted octanol–water partition coefficient (Wildman–Crippen LogP) is 4.05. The molecular formula is C18H14Cl3N3O3. The lowest BCUT2D eigenvalue weighted by Crippen LogP contribution is -2.42. The van der Waals surface area contributed by atoms with Crippen molar-refractivity contribution < 1.29 is 14.4 Å². The van der Waals surface area contributed by atoms with Gasteiger partial charge in [-0.1, -0.05) is 46.9 Å². The van der Waals surface area contributed by atoms with Crippen LogP contribution in [0.2, 0.25) is 15.1 Å². The summed E-state index contributed by atoms with van der Waals surface area (Å²) in [5, 5.41) is 6.35. The number of nitrogens with one attached hydrogen (secondary N) is 2. The number of nitrogens with zero attached hydrogens (tertiary/aromatic N) is 1. The van der Waals surface area contributed by atoms with E-state index in [0.717, 1.165) is 4.90 Å². The molecule has 1 saturated heterocycles. The first-order valence-corrected chi connectivity index (χ1v) is 8.99. The summed E-state index contributed by atoms with van der Waals surface area (Å²) in [5.41, 5.74) is -0.428. The molecule has 0 spiro atoms. The van der Waals surface area contributed by atoms with E-state index in [9.17, 15) is 14.4 Å². The fourth-order valence-electron chi connectivity index (χ4n) is 2.75. The van der Waals surface area contributed by atoms with Crippen LogP contribution in [0.3, 0.4) is 0 Å². The lowest BCUT2D eigenvalue weighted by atomic mass is 9.92. The van der Waals surface area contributed by atoms with Gasteiger partial charge < -0.3 is 10.6 Å². The van der Waals surface area contributed by atoms with Crippen LogP contribution in [-0.2, 0) is 15.1 Å². The summed E-state index contributed by atoms with van der Waals surface area (Å²) in [4.78, 5) is 38.3. The molecule has 0 aliphatic carbocycles. The number of rotatable bonds is 4. The Morgan fingerprint density at radius 2 is 1.70 bits per heavy atom. The normalized spacial score (nSPS) is 19.2. The van der Waals surface area contributed by atoms with Crippen LogP contribution in [0.5, 0.6) is 0 Å². The fraction of sp³-hybridized carbons (Fsp3) is 0.167. The highest BCUT2D eigenvalue weighted by Gasteiger charge is 2.49. The number of imide groups is 1. The van der Waals surface area contributed by atoms with Gasteiger partial charge in [0.1, 0.15) is 12.1 Å². The number of anilines is 1. The van der Waals surface area contributed by atoms with E-state index in [1.54, 1.807) is 37.3 Å². The summed E-state index contributed by atoms with van der Waals surface area (Å²) in [6, 6.07) is 10.5. The monoisotopic (exact) mass is 425 g/mol. The van der Waals surface area contributed by atoms with E-state index in [1.165, 1.54) is 12.1 Å². The molecule has 0 saturated carbocycles. The van der Waals surface area contributed by atoms with Gasteiger partial charge in [-0.3, -0.25) is 14.5 Å². The van der Waals surface area contributed by atoms with Crippen LogP contribution < -0.4 is 10.6 Å². The second-order valence-electron chi connectivity index (χ2n) is 6.13. The fourth-order valence-corrected chi connectivity index (χ4v) is 3.21. The Labute approximate surface area is 170 Å². The summed E-state index contributed by atoms with van der Waals surface area (Å²) in [6.07, 6.45) is 0. The van der Waals surface area contributed by atoms with E-state index in [0.29, 0.717) is 21.3 Å². The van der Waals surface area contributed by atoms with Crippen molar-refractivity contribution in [1.29, 1.82) is 0 Å². The first-order chi connectivity index (χ1) is 12.7. The highest BCUT2D eigenvalue weighted by Crippen LogP contribution is 2.30. The quantitative estimate of drug-likeness (QED) is 0.724. The first kappa shape index (κ1) is 19.5. The number of urea groups is 1. The highest BCUT2D eigenvalue weighted by molar-refractivity contribution is 6.35. The van der Waals surface area contributed by atoms with Crippen LogP contribution in [0, 0.1) is 0 Å². The topological polar surface area (TPSA) is 78.5 Å². The van der Waals surface area contributed by atoms with Gasteiger partial charge in [0.25, 0.3) is 5.91 Å². The van der Waals surface area contributed by atoms with E-state index in [2.05, 4.69) is 10.6 Å². The van der Waals surface area contributed by atoms with Gasteiger partial charge in [0.05, 0.1) is 10.7 Å². The molecule has 4 amide bonds. The molecule has 1 aliphatic heterocycles. The Hall–Kier alpha value is -2.28. The molecule has 6 nitrogen and oxygen atoms in total. The molecule has 1 unspecified atom stereocenters. The van der Waals surface area contributed by atoms with E-state index in [1.807, 2.05) is 0 Å². The Balaban J connectivity index is 1.76. The smallest absolute Gasteiger partial charge is 0.323 e. The predicted molar refractivity (Wildman–Crippen MR) is 104 cm³/mol. The van der Waals surface area contributed by atoms with Crippen molar-refractivity contribution in [3.8, 4) is 0 Å². The first-order valence-electron chi connectivity index (χ1n) is 7.86. The van der Waals surface area contributed by atoms with Crippen molar-refractivity contribution in [1.82, 2.24) is 10.2 Å². The molecule has 0 bridgehead atoms. The highest BCUT2D eigenvalue weighted by atomic mass is 35.5. The molecule has 2 N–H and O–H groups in total. The molecule has 2 aromatic carbocycles. The van der Waals surface area contributed by atoms with E-state index in [4.69, 9.17) is 34.8 Å². The minimum Gasteiger partial charge on any atom is -0.323 e. The van der Waals surface area contributed by atoms with Crippen molar-refractivity contribution in [2.45, 2.75) is 12.5 Å². The Morgan fingerprint density at radius 1 is 1.07 bits per heavy atom. The number of halogens is 3. The average Bonchev–Trinajstić information content (AvgIpc) is 2.83. The van der Waals surface area contributed by atoms with Gasteiger partial charge in [-0.25, -0.2) is 4.79 Å². The SMILES string of the molecule is CC1(c2ccc(Cl)cc2)NC(=O)N(CC(=O)Nc2cc(Cl)ccc2Cl)C1=O. The maximum absolute atomic E-state index is 12.8. The average molecular weight is 427 g/mol. The maximum Gasteiger partial charge on any atom is 0.325 e. The largest absolute Gasteiger partial charge is 0.325 e. The minimum atomic E-state index is -1.28. The third-order valence-corrected chi connectivity index (χ3v) is 5.02. The molecule has 27 heavy (non-hydrogen) atoms. The molecule has 3 rings (SSSR count). The van der Waals surface area contributed by atoms with Crippen LogP contribution in [0.4, 0.5) is 10.5 Å². The third-order valence-electron chi connectivity index (χ3n) is 4.20. The van der Waals surface area contributed by atoms with Gasteiger partial charge in [0.2, 0.25) is 5.91 Å². The zero-order chi connectivity index (χ0) is 19.8. The molecule has 1 heterocycles. The standard InChI is InChI=1S/C18H14Cl3N3O3/c1-18(10-2-4-11(19)5-3-10)16(26)24(17(27)23-18)9-15(25)22-14-8-12(20)6-7-13(14)21/h2-8H,9H2,1H3,(H,22,25)(H,23,27). The number of hydrogen-bond acceptors (Lipinski definition) is 3. The van der Waals surface area contributed by atoms with Gasteiger partial charge in [-0.15, -0.1) is 0 Å². The molecule has 1 fully saturated rings. The van der Waals surface area contributed by atoms with Gasteiger partial charge in [0, 0.05) is 10.0 Å². The summed E-state index contributed by atoms with van der Waals surface area (Å²) in [5.74, 6) is -1.12. The zero-order valence-electron chi connectivity index (χ0n) is 14.1. The van der Waals surface area contributed by atoms with Crippen LogP contribution >= 0.6 is 34.8 Å². The molecule has 1 atom stereocenters.